The van der Waals surface area contributed by atoms with E-state index in [2.05, 4.69) is 26.4 Å². The molecule has 0 saturated carbocycles. The first kappa shape index (κ1) is 14.8. The van der Waals surface area contributed by atoms with E-state index in [-0.39, 0.29) is 11.3 Å². The number of amides is 1. The number of carbonyl (C=O) groups is 1. The van der Waals surface area contributed by atoms with Gasteiger partial charge in [-0.15, -0.1) is 0 Å². The number of halogens is 1. The molecule has 1 aromatic heterocycles. The molecule has 1 aromatic carbocycles. The number of hydrogen-bond acceptors (Lipinski definition) is 3. The predicted molar refractivity (Wildman–Crippen MR) is 82.2 cm³/mol. The lowest BCUT2D eigenvalue weighted by molar-refractivity contribution is 0.102. The van der Waals surface area contributed by atoms with Gasteiger partial charge in [0.05, 0.1) is 5.69 Å². The molecule has 1 amide bonds. The number of benzene rings is 1. The molecule has 0 spiro atoms. The van der Waals surface area contributed by atoms with Gasteiger partial charge >= 0.3 is 0 Å². The van der Waals surface area contributed by atoms with Gasteiger partial charge in [0.25, 0.3) is 5.91 Å². The van der Waals surface area contributed by atoms with E-state index in [0.717, 1.165) is 16.6 Å². The summed E-state index contributed by atoms with van der Waals surface area (Å²) in [7, 11) is 0. The van der Waals surface area contributed by atoms with Crippen molar-refractivity contribution in [3.8, 4) is 0 Å². The predicted octanol–water partition coefficient (Wildman–Crippen LogP) is 4.12. The van der Waals surface area contributed by atoms with E-state index < -0.39 is 0 Å². The quantitative estimate of drug-likeness (QED) is 0.857. The Bertz CT molecular complexity index is 597. The Labute approximate surface area is 126 Å². The Hall–Kier alpha value is -1.62. The monoisotopic (exact) mass is 336 g/mol. The van der Waals surface area contributed by atoms with Crippen molar-refractivity contribution in [3.63, 3.8) is 0 Å². The number of alkyl halides is 1. The van der Waals surface area contributed by atoms with Crippen LogP contribution in [-0.2, 0) is 10.7 Å². The number of rotatable bonds is 3. The highest BCUT2D eigenvalue weighted by Crippen LogP contribution is 2.23. The van der Waals surface area contributed by atoms with E-state index in [0.29, 0.717) is 11.4 Å². The van der Waals surface area contributed by atoms with Crippen LogP contribution in [0, 0.1) is 0 Å². The number of hydrogen-bond donors (Lipinski definition) is 1. The molecule has 106 valence electrons. The van der Waals surface area contributed by atoms with Crippen LogP contribution < -0.4 is 5.32 Å². The zero-order valence-electron chi connectivity index (χ0n) is 11.7. The highest BCUT2D eigenvalue weighted by Gasteiger charge is 2.19. The van der Waals surface area contributed by atoms with Gasteiger partial charge in [0, 0.05) is 22.4 Å². The van der Waals surface area contributed by atoms with Crippen molar-refractivity contribution in [1.82, 2.24) is 5.16 Å². The summed E-state index contributed by atoms with van der Waals surface area (Å²) >= 11 is 3.37. The van der Waals surface area contributed by atoms with E-state index in [1.165, 1.54) is 0 Å². The number of carbonyl (C=O) groups excluding carboxylic acids is 1. The van der Waals surface area contributed by atoms with E-state index in [4.69, 9.17) is 4.52 Å². The molecule has 0 atom stereocenters. The molecule has 20 heavy (non-hydrogen) atoms. The van der Waals surface area contributed by atoms with Crippen LogP contribution in [0.1, 0.15) is 42.4 Å². The first-order chi connectivity index (χ1) is 9.40. The maximum absolute atomic E-state index is 12.1. The summed E-state index contributed by atoms with van der Waals surface area (Å²) in [6.45, 7) is 6.11. The third-order valence-electron chi connectivity index (χ3n) is 2.89. The maximum atomic E-state index is 12.1. The molecule has 0 aliphatic rings. The number of nitrogens with zero attached hydrogens (tertiary/aromatic N) is 1. The average Bonchev–Trinajstić information content (AvgIpc) is 2.87. The molecule has 0 unspecified atom stereocenters. The van der Waals surface area contributed by atoms with Gasteiger partial charge in [-0.05, 0) is 17.7 Å². The molecule has 0 aliphatic heterocycles. The number of aromatic nitrogens is 1. The Morgan fingerprint density at radius 2 is 1.95 bits per heavy atom. The fourth-order valence-corrected chi connectivity index (χ4v) is 1.99. The molecular formula is C15H17BrN2O2. The second kappa shape index (κ2) is 5.79. The second-order valence-electron chi connectivity index (χ2n) is 5.61. The van der Waals surface area contributed by atoms with Crippen LogP contribution in [0.4, 0.5) is 5.88 Å². The van der Waals surface area contributed by atoms with Crippen LogP contribution in [0.25, 0.3) is 0 Å². The van der Waals surface area contributed by atoms with Crippen molar-refractivity contribution in [2.24, 2.45) is 0 Å². The lowest BCUT2D eigenvalue weighted by Gasteiger charge is -2.12. The van der Waals surface area contributed by atoms with E-state index in [1.54, 1.807) is 18.2 Å². The molecule has 1 N–H and O–H groups in total. The minimum atomic E-state index is -0.206. The fourth-order valence-electron chi connectivity index (χ4n) is 1.62. The van der Waals surface area contributed by atoms with Gasteiger partial charge in [-0.1, -0.05) is 54.0 Å². The minimum Gasteiger partial charge on any atom is -0.338 e. The van der Waals surface area contributed by atoms with Crippen molar-refractivity contribution < 1.29 is 9.32 Å². The highest BCUT2D eigenvalue weighted by atomic mass is 79.9. The summed E-state index contributed by atoms with van der Waals surface area (Å²) < 4.78 is 5.14. The molecule has 0 fully saturated rings. The SMILES string of the molecule is CC(C)(C)c1cc(NC(=O)c2ccc(CBr)cc2)on1. The Morgan fingerprint density at radius 3 is 2.45 bits per heavy atom. The topological polar surface area (TPSA) is 55.1 Å². The van der Waals surface area contributed by atoms with Crippen molar-refractivity contribution in [1.29, 1.82) is 0 Å². The van der Waals surface area contributed by atoms with E-state index in [1.807, 2.05) is 32.9 Å². The summed E-state index contributed by atoms with van der Waals surface area (Å²) in [5.74, 6) is 0.159. The summed E-state index contributed by atoms with van der Waals surface area (Å²) in [4.78, 5) is 12.1. The van der Waals surface area contributed by atoms with E-state index in [9.17, 15) is 4.79 Å². The first-order valence-electron chi connectivity index (χ1n) is 6.33. The van der Waals surface area contributed by atoms with Gasteiger partial charge in [0.15, 0.2) is 0 Å². The molecule has 0 saturated heterocycles. The molecule has 0 radical (unpaired) electrons. The van der Waals surface area contributed by atoms with E-state index >= 15 is 0 Å². The Morgan fingerprint density at radius 1 is 1.30 bits per heavy atom. The average molecular weight is 337 g/mol. The maximum Gasteiger partial charge on any atom is 0.258 e. The summed E-state index contributed by atoms with van der Waals surface area (Å²) in [6.07, 6.45) is 0. The lowest BCUT2D eigenvalue weighted by Crippen LogP contribution is -2.12. The Balaban J connectivity index is 2.09. The van der Waals surface area contributed by atoms with Gasteiger partial charge in [-0.2, -0.15) is 0 Å². The van der Waals surface area contributed by atoms with Crippen LogP contribution in [0.3, 0.4) is 0 Å². The summed E-state index contributed by atoms with van der Waals surface area (Å²) in [5.41, 5.74) is 2.41. The van der Waals surface area contributed by atoms with Crippen molar-refractivity contribution in [2.45, 2.75) is 31.5 Å². The molecule has 1 heterocycles. The molecule has 4 nitrogen and oxygen atoms in total. The van der Waals surface area contributed by atoms with Crippen molar-refractivity contribution in [3.05, 3.63) is 47.2 Å². The number of anilines is 1. The van der Waals surface area contributed by atoms with Gasteiger partial charge in [0.2, 0.25) is 5.88 Å². The van der Waals surface area contributed by atoms with Gasteiger partial charge in [-0.25, -0.2) is 0 Å². The third-order valence-corrected chi connectivity index (χ3v) is 3.53. The molecule has 0 bridgehead atoms. The lowest BCUT2D eigenvalue weighted by atomic mass is 9.92. The van der Waals surface area contributed by atoms with Crippen molar-refractivity contribution in [2.75, 3.05) is 5.32 Å². The van der Waals surface area contributed by atoms with Crippen LogP contribution in [0.2, 0.25) is 0 Å². The third kappa shape index (κ3) is 3.48. The standard InChI is InChI=1S/C15H17BrN2O2/c1-15(2,3)12-8-13(20-18-12)17-14(19)11-6-4-10(9-16)5-7-11/h4-8H,9H2,1-3H3,(H,17,19). The summed E-state index contributed by atoms with van der Waals surface area (Å²) in [6, 6.07) is 9.14. The largest absolute Gasteiger partial charge is 0.338 e. The minimum absolute atomic E-state index is 0.107. The molecule has 2 rings (SSSR count). The van der Waals surface area contributed by atoms with Gasteiger partial charge < -0.3 is 4.52 Å². The summed E-state index contributed by atoms with van der Waals surface area (Å²) in [5, 5.41) is 7.44. The zero-order chi connectivity index (χ0) is 14.8. The van der Waals surface area contributed by atoms with Crippen LogP contribution >= 0.6 is 15.9 Å². The fraction of sp³-hybridized carbons (Fsp3) is 0.333. The van der Waals surface area contributed by atoms with Crippen molar-refractivity contribution >= 4 is 27.7 Å². The molecule has 5 heteroatoms. The Kier molecular flexibility index (Phi) is 4.28. The molecule has 2 aromatic rings. The van der Waals surface area contributed by atoms with Crippen LogP contribution in [-0.4, -0.2) is 11.1 Å². The highest BCUT2D eigenvalue weighted by molar-refractivity contribution is 9.08. The second-order valence-corrected chi connectivity index (χ2v) is 6.17. The first-order valence-corrected chi connectivity index (χ1v) is 7.46. The van der Waals surface area contributed by atoms with Gasteiger partial charge in [0.1, 0.15) is 0 Å². The zero-order valence-corrected chi connectivity index (χ0v) is 13.3. The van der Waals surface area contributed by atoms with Gasteiger partial charge in [-0.3, -0.25) is 10.1 Å². The molecule has 0 aliphatic carbocycles. The normalized spacial score (nSPS) is 11.4. The van der Waals surface area contributed by atoms with Crippen LogP contribution in [0.5, 0.6) is 0 Å². The van der Waals surface area contributed by atoms with Crippen LogP contribution in [0.15, 0.2) is 34.9 Å². The molecular weight excluding hydrogens is 320 g/mol. The number of nitrogens with one attached hydrogen (secondary N) is 1. The smallest absolute Gasteiger partial charge is 0.258 e.